The lowest BCUT2D eigenvalue weighted by Gasteiger charge is -2.45. The Labute approximate surface area is 122 Å². The van der Waals surface area contributed by atoms with Crippen LogP contribution in [-0.2, 0) is 11.2 Å². The number of benzene rings is 1. The van der Waals surface area contributed by atoms with E-state index in [2.05, 4.69) is 50.2 Å². The average Bonchev–Trinajstić information content (AvgIpc) is 2.39. The summed E-state index contributed by atoms with van der Waals surface area (Å²) in [6, 6.07) is 8.74. The normalized spacial score (nSPS) is 26.7. The van der Waals surface area contributed by atoms with E-state index in [4.69, 9.17) is 5.73 Å². The summed E-state index contributed by atoms with van der Waals surface area (Å²) in [6.07, 6.45) is 4.97. The van der Waals surface area contributed by atoms with Gasteiger partial charge in [0.2, 0.25) is 5.91 Å². The van der Waals surface area contributed by atoms with Gasteiger partial charge < -0.3 is 10.6 Å². The van der Waals surface area contributed by atoms with Gasteiger partial charge in [-0.3, -0.25) is 4.79 Å². The number of amides is 1. The molecule has 110 valence electrons. The van der Waals surface area contributed by atoms with Crippen molar-refractivity contribution in [2.75, 3.05) is 14.1 Å². The molecule has 1 aliphatic carbocycles. The molecule has 1 saturated carbocycles. The van der Waals surface area contributed by atoms with Crippen molar-refractivity contribution < 1.29 is 4.79 Å². The third kappa shape index (κ3) is 3.21. The van der Waals surface area contributed by atoms with E-state index in [9.17, 15) is 4.79 Å². The summed E-state index contributed by atoms with van der Waals surface area (Å²) in [5.74, 6) is -0.0616. The van der Waals surface area contributed by atoms with Crippen molar-refractivity contribution in [2.24, 2.45) is 11.7 Å². The Morgan fingerprint density at radius 3 is 2.50 bits per heavy atom. The molecule has 1 amide bonds. The van der Waals surface area contributed by atoms with Gasteiger partial charge in [0.1, 0.15) is 0 Å². The van der Waals surface area contributed by atoms with Crippen LogP contribution in [0, 0.1) is 12.8 Å². The Balaban J connectivity index is 2.14. The van der Waals surface area contributed by atoms with Gasteiger partial charge in [-0.2, -0.15) is 0 Å². The maximum atomic E-state index is 11.3. The molecule has 20 heavy (non-hydrogen) atoms. The van der Waals surface area contributed by atoms with Crippen molar-refractivity contribution in [1.82, 2.24) is 4.90 Å². The predicted molar refractivity (Wildman–Crippen MR) is 82.5 cm³/mol. The number of carbonyl (C=O) groups is 1. The molecule has 1 aromatic carbocycles. The van der Waals surface area contributed by atoms with Crippen LogP contribution in [0.15, 0.2) is 24.3 Å². The first-order chi connectivity index (χ1) is 9.43. The Morgan fingerprint density at radius 1 is 1.35 bits per heavy atom. The molecule has 0 saturated heterocycles. The van der Waals surface area contributed by atoms with Gasteiger partial charge in [0.15, 0.2) is 0 Å². The summed E-state index contributed by atoms with van der Waals surface area (Å²) in [6.45, 7) is 2.13. The highest BCUT2D eigenvalue weighted by atomic mass is 16.1. The number of hydrogen-bond donors (Lipinski definition) is 1. The largest absolute Gasteiger partial charge is 0.369 e. The highest BCUT2D eigenvalue weighted by Gasteiger charge is 2.38. The topological polar surface area (TPSA) is 46.3 Å². The van der Waals surface area contributed by atoms with E-state index < -0.39 is 0 Å². The zero-order chi connectivity index (χ0) is 14.8. The summed E-state index contributed by atoms with van der Waals surface area (Å²) in [5, 5.41) is 0. The molecule has 0 aromatic heterocycles. The lowest BCUT2D eigenvalue weighted by Crippen LogP contribution is -2.50. The van der Waals surface area contributed by atoms with Gasteiger partial charge in [0, 0.05) is 11.5 Å². The molecule has 1 fully saturated rings. The van der Waals surface area contributed by atoms with Gasteiger partial charge in [0.05, 0.1) is 0 Å². The van der Waals surface area contributed by atoms with E-state index >= 15 is 0 Å². The molecule has 0 heterocycles. The standard InChI is InChI=1S/C17H26N2O/c1-13-5-4-6-14(11-13)12-17(19(2)3)9-7-15(8-10-17)16(18)20/h4-6,11,15H,7-10,12H2,1-3H3,(H2,18,20). The highest BCUT2D eigenvalue weighted by molar-refractivity contribution is 5.76. The van der Waals surface area contributed by atoms with E-state index in [1.165, 1.54) is 11.1 Å². The fourth-order valence-corrected chi connectivity index (χ4v) is 3.42. The molecule has 3 heteroatoms. The first-order valence-electron chi connectivity index (χ1n) is 7.45. The molecule has 3 nitrogen and oxygen atoms in total. The van der Waals surface area contributed by atoms with Gasteiger partial charge in [-0.25, -0.2) is 0 Å². The van der Waals surface area contributed by atoms with Crippen molar-refractivity contribution in [3.63, 3.8) is 0 Å². The van der Waals surface area contributed by atoms with Crippen LogP contribution < -0.4 is 5.73 Å². The van der Waals surface area contributed by atoms with Gasteiger partial charge in [-0.1, -0.05) is 29.8 Å². The zero-order valence-corrected chi connectivity index (χ0v) is 12.9. The minimum absolute atomic E-state index is 0.0700. The second-order valence-electron chi connectivity index (χ2n) is 6.46. The second kappa shape index (κ2) is 5.96. The van der Waals surface area contributed by atoms with Gasteiger partial charge >= 0.3 is 0 Å². The lowest BCUT2D eigenvalue weighted by molar-refractivity contribution is -0.123. The molecule has 0 bridgehead atoms. The van der Waals surface area contributed by atoms with Crippen molar-refractivity contribution in [1.29, 1.82) is 0 Å². The number of nitrogens with zero attached hydrogens (tertiary/aromatic N) is 1. The van der Waals surface area contributed by atoms with Crippen LogP contribution >= 0.6 is 0 Å². The summed E-state index contributed by atoms with van der Waals surface area (Å²) < 4.78 is 0. The smallest absolute Gasteiger partial charge is 0.220 e. The fraction of sp³-hybridized carbons (Fsp3) is 0.588. The van der Waals surface area contributed by atoms with E-state index in [1.807, 2.05) is 0 Å². The summed E-state index contributed by atoms with van der Waals surface area (Å²) >= 11 is 0. The first kappa shape index (κ1) is 15.0. The van der Waals surface area contributed by atoms with E-state index in [0.717, 1.165) is 32.1 Å². The zero-order valence-electron chi connectivity index (χ0n) is 12.9. The number of nitrogens with two attached hydrogens (primary N) is 1. The minimum Gasteiger partial charge on any atom is -0.369 e. The van der Waals surface area contributed by atoms with E-state index in [1.54, 1.807) is 0 Å². The summed E-state index contributed by atoms with van der Waals surface area (Å²) in [5.41, 5.74) is 8.31. The molecular weight excluding hydrogens is 248 g/mol. The van der Waals surface area contributed by atoms with Crippen molar-refractivity contribution in [2.45, 2.75) is 44.6 Å². The quantitative estimate of drug-likeness (QED) is 0.917. The minimum atomic E-state index is -0.132. The number of primary amides is 1. The number of carbonyl (C=O) groups excluding carboxylic acids is 1. The Kier molecular flexibility index (Phi) is 4.48. The third-order valence-electron chi connectivity index (χ3n) is 4.88. The van der Waals surface area contributed by atoms with Crippen molar-refractivity contribution in [3.8, 4) is 0 Å². The maximum absolute atomic E-state index is 11.3. The Bertz CT molecular complexity index is 474. The molecule has 0 aliphatic heterocycles. The number of hydrogen-bond acceptors (Lipinski definition) is 2. The molecule has 2 N–H and O–H groups in total. The second-order valence-corrected chi connectivity index (χ2v) is 6.46. The van der Waals surface area contributed by atoms with Crippen LogP contribution in [0.2, 0.25) is 0 Å². The number of likely N-dealkylation sites (N-methyl/N-ethyl adjacent to an activating group) is 1. The highest BCUT2D eigenvalue weighted by Crippen LogP contribution is 2.37. The summed E-state index contributed by atoms with van der Waals surface area (Å²) in [7, 11) is 4.31. The SMILES string of the molecule is Cc1cccc(CC2(N(C)C)CCC(C(N)=O)CC2)c1. The van der Waals surface area contributed by atoms with E-state index in [-0.39, 0.29) is 17.4 Å². The molecular formula is C17H26N2O. The summed E-state index contributed by atoms with van der Waals surface area (Å²) in [4.78, 5) is 13.7. The molecule has 0 spiro atoms. The third-order valence-corrected chi connectivity index (χ3v) is 4.88. The van der Waals surface area contributed by atoms with Crippen LogP contribution in [-0.4, -0.2) is 30.4 Å². The Hall–Kier alpha value is -1.35. The number of rotatable bonds is 4. The van der Waals surface area contributed by atoms with Gasteiger partial charge in [-0.15, -0.1) is 0 Å². The fourth-order valence-electron chi connectivity index (χ4n) is 3.42. The van der Waals surface area contributed by atoms with Crippen LogP contribution in [0.5, 0.6) is 0 Å². The molecule has 2 rings (SSSR count). The average molecular weight is 274 g/mol. The predicted octanol–water partition coefficient (Wildman–Crippen LogP) is 2.51. The Morgan fingerprint density at radius 2 is 2.00 bits per heavy atom. The monoisotopic (exact) mass is 274 g/mol. The van der Waals surface area contributed by atoms with Crippen LogP contribution in [0.1, 0.15) is 36.8 Å². The number of aryl methyl sites for hydroxylation is 1. The van der Waals surface area contributed by atoms with Gasteiger partial charge in [-0.05, 0) is 58.7 Å². The molecule has 0 radical (unpaired) electrons. The van der Waals surface area contributed by atoms with Crippen LogP contribution in [0.25, 0.3) is 0 Å². The van der Waals surface area contributed by atoms with E-state index in [0.29, 0.717) is 0 Å². The van der Waals surface area contributed by atoms with Crippen molar-refractivity contribution in [3.05, 3.63) is 35.4 Å². The molecule has 0 unspecified atom stereocenters. The van der Waals surface area contributed by atoms with Crippen LogP contribution in [0.3, 0.4) is 0 Å². The molecule has 0 atom stereocenters. The van der Waals surface area contributed by atoms with Crippen molar-refractivity contribution >= 4 is 5.91 Å². The first-order valence-corrected chi connectivity index (χ1v) is 7.45. The lowest BCUT2D eigenvalue weighted by atomic mass is 9.72. The molecule has 1 aromatic rings. The maximum Gasteiger partial charge on any atom is 0.220 e. The van der Waals surface area contributed by atoms with Crippen LogP contribution in [0.4, 0.5) is 0 Å². The molecule has 1 aliphatic rings. The van der Waals surface area contributed by atoms with Gasteiger partial charge in [0.25, 0.3) is 0 Å².